The smallest absolute Gasteiger partial charge is 0.497 e. The molecule has 2 rings (SSSR count). The van der Waals surface area contributed by atoms with E-state index in [-0.39, 0.29) is 18.3 Å². The Morgan fingerprint density at radius 2 is 1.77 bits per heavy atom. The Morgan fingerprint density at radius 3 is 2.23 bits per heavy atom. The fourth-order valence-electron chi connectivity index (χ4n) is 2.74. The standard InChI is InChI=1S/C18H20F3N3O5S/c1-23(2)17(12-4-6-13(29-3)7-5-12)11-22-15-9-8-14(10-16(15)24(25)26)30(27,28)18(19,20)21/h4-10,17,22H,11H2,1-3H3. The van der Waals surface area contributed by atoms with Crippen LogP contribution in [0.25, 0.3) is 0 Å². The van der Waals surface area contributed by atoms with Gasteiger partial charge in [-0.2, -0.15) is 13.2 Å². The van der Waals surface area contributed by atoms with Gasteiger partial charge in [0.2, 0.25) is 0 Å². The quantitative estimate of drug-likeness (QED) is 0.487. The van der Waals surface area contributed by atoms with Crippen LogP contribution in [-0.2, 0) is 9.84 Å². The third kappa shape index (κ3) is 5.00. The average molecular weight is 447 g/mol. The Hall–Kier alpha value is -2.86. The maximum Gasteiger partial charge on any atom is 0.501 e. The Kier molecular flexibility index (Phi) is 6.93. The minimum Gasteiger partial charge on any atom is -0.497 e. The van der Waals surface area contributed by atoms with Gasteiger partial charge in [-0.05, 0) is 43.9 Å². The topological polar surface area (TPSA) is 102 Å². The van der Waals surface area contributed by atoms with Gasteiger partial charge in [-0.15, -0.1) is 0 Å². The number of benzene rings is 2. The van der Waals surface area contributed by atoms with Crippen molar-refractivity contribution in [2.24, 2.45) is 0 Å². The largest absolute Gasteiger partial charge is 0.501 e. The Labute approximate surface area is 171 Å². The molecule has 0 fully saturated rings. The van der Waals surface area contributed by atoms with Gasteiger partial charge >= 0.3 is 5.51 Å². The SMILES string of the molecule is COc1ccc(C(CNc2ccc(S(=O)(=O)C(F)(F)F)cc2[N+](=O)[O-])N(C)C)cc1. The van der Waals surface area contributed by atoms with Gasteiger partial charge in [0.15, 0.2) is 0 Å². The van der Waals surface area contributed by atoms with E-state index in [9.17, 15) is 31.7 Å². The first kappa shape index (κ1) is 23.4. The molecule has 30 heavy (non-hydrogen) atoms. The van der Waals surface area contributed by atoms with Crippen LogP contribution in [0.1, 0.15) is 11.6 Å². The second kappa shape index (κ2) is 8.88. The summed E-state index contributed by atoms with van der Waals surface area (Å²) < 4.78 is 66.5. The van der Waals surface area contributed by atoms with Gasteiger partial charge in [0.1, 0.15) is 11.4 Å². The minimum absolute atomic E-state index is 0.0958. The highest BCUT2D eigenvalue weighted by molar-refractivity contribution is 7.92. The molecule has 0 spiro atoms. The molecular weight excluding hydrogens is 427 g/mol. The maximum atomic E-state index is 12.7. The highest BCUT2D eigenvalue weighted by Gasteiger charge is 2.47. The molecule has 0 aromatic heterocycles. The van der Waals surface area contributed by atoms with Crippen LogP contribution in [0.5, 0.6) is 5.75 Å². The van der Waals surface area contributed by atoms with Crippen molar-refractivity contribution in [3.63, 3.8) is 0 Å². The van der Waals surface area contributed by atoms with E-state index in [0.29, 0.717) is 17.9 Å². The monoisotopic (exact) mass is 447 g/mol. The highest BCUT2D eigenvalue weighted by Crippen LogP contribution is 2.35. The van der Waals surface area contributed by atoms with E-state index in [1.165, 1.54) is 7.11 Å². The number of halogens is 3. The summed E-state index contributed by atoms with van der Waals surface area (Å²) in [4.78, 5) is 11.1. The predicted octanol–water partition coefficient (Wildman–Crippen LogP) is 3.61. The number of ether oxygens (including phenoxy) is 1. The van der Waals surface area contributed by atoms with Crippen LogP contribution in [0, 0.1) is 10.1 Å². The first-order valence-electron chi connectivity index (χ1n) is 8.52. The van der Waals surface area contributed by atoms with Crippen molar-refractivity contribution < 1.29 is 31.2 Å². The Morgan fingerprint density at radius 1 is 1.17 bits per heavy atom. The lowest BCUT2D eigenvalue weighted by molar-refractivity contribution is -0.384. The normalized spacial score (nSPS) is 13.2. The third-order valence-corrected chi connectivity index (χ3v) is 5.87. The van der Waals surface area contributed by atoms with Crippen molar-refractivity contribution >= 4 is 21.2 Å². The molecule has 2 aromatic carbocycles. The molecule has 2 aromatic rings. The zero-order valence-corrected chi connectivity index (χ0v) is 17.1. The number of hydrogen-bond donors (Lipinski definition) is 1. The molecule has 0 aliphatic rings. The number of alkyl halides is 3. The van der Waals surface area contributed by atoms with Gasteiger partial charge in [-0.3, -0.25) is 10.1 Å². The number of nitrogens with one attached hydrogen (secondary N) is 1. The third-order valence-electron chi connectivity index (χ3n) is 4.39. The molecular formula is C18H20F3N3O5S. The summed E-state index contributed by atoms with van der Waals surface area (Å²) in [5, 5.41) is 14.2. The van der Waals surface area contributed by atoms with Crippen molar-refractivity contribution in [3.8, 4) is 5.75 Å². The van der Waals surface area contributed by atoms with E-state index >= 15 is 0 Å². The molecule has 0 amide bonds. The molecule has 12 heteroatoms. The first-order valence-corrected chi connectivity index (χ1v) is 10.0. The van der Waals surface area contributed by atoms with Crippen LogP contribution >= 0.6 is 0 Å². The molecule has 0 saturated heterocycles. The average Bonchev–Trinajstić information content (AvgIpc) is 2.67. The number of hydrogen-bond acceptors (Lipinski definition) is 7. The minimum atomic E-state index is -5.70. The maximum absolute atomic E-state index is 12.7. The number of likely N-dealkylation sites (N-methyl/N-ethyl adjacent to an activating group) is 1. The summed E-state index contributed by atoms with van der Waals surface area (Å²) in [6, 6.07) is 8.96. The first-order chi connectivity index (χ1) is 13.9. The fraction of sp³-hybridized carbons (Fsp3) is 0.333. The molecule has 0 bridgehead atoms. The summed E-state index contributed by atoms with van der Waals surface area (Å²) in [5.74, 6) is 0.654. The Bertz CT molecular complexity index is 1010. The molecule has 1 unspecified atom stereocenters. The second-order valence-corrected chi connectivity index (χ2v) is 8.46. The van der Waals surface area contributed by atoms with Gasteiger partial charge in [-0.1, -0.05) is 12.1 Å². The molecule has 8 nitrogen and oxygen atoms in total. The van der Waals surface area contributed by atoms with Crippen molar-refractivity contribution in [1.29, 1.82) is 0 Å². The number of sulfone groups is 1. The van der Waals surface area contributed by atoms with Crippen molar-refractivity contribution in [3.05, 3.63) is 58.1 Å². The van der Waals surface area contributed by atoms with Crippen molar-refractivity contribution in [2.45, 2.75) is 16.4 Å². The molecule has 0 radical (unpaired) electrons. The molecule has 0 aliphatic heterocycles. The number of anilines is 1. The van der Waals surface area contributed by atoms with E-state index in [0.717, 1.165) is 11.6 Å². The predicted molar refractivity (Wildman–Crippen MR) is 104 cm³/mol. The number of nitro benzene ring substituents is 1. The molecule has 164 valence electrons. The van der Waals surface area contributed by atoms with E-state index in [4.69, 9.17) is 4.74 Å². The molecule has 0 aliphatic carbocycles. The summed E-state index contributed by atoms with van der Waals surface area (Å²) in [6.45, 7) is 0.172. The van der Waals surface area contributed by atoms with Crippen molar-refractivity contribution in [1.82, 2.24) is 4.90 Å². The van der Waals surface area contributed by atoms with Gasteiger partial charge in [0, 0.05) is 12.6 Å². The van der Waals surface area contributed by atoms with Gasteiger partial charge < -0.3 is 15.0 Å². The second-order valence-electron chi connectivity index (χ2n) is 6.52. The summed E-state index contributed by atoms with van der Waals surface area (Å²) >= 11 is 0. The van der Waals surface area contributed by atoms with Crippen LogP contribution < -0.4 is 10.1 Å². The van der Waals surface area contributed by atoms with Gasteiger partial charge in [-0.25, -0.2) is 8.42 Å². The molecule has 1 atom stereocenters. The van der Waals surface area contributed by atoms with E-state index in [1.807, 2.05) is 17.0 Å². The van der Waals surface area contributed by atoms with Gasteiger partial charge in [0.05, 0.1) is 23.0 Å². The van der Waals surface area contributed by atoms with Crippen LogP contribution in [0.2, 0.25) is 0 Å². The zero-order chi connectivity index (χ0) is 22.7. The number of nitrogens with zero attached hydrogens (tertiary/aromatic N) is 2. The van der Waals surface area contributed by atoms with Gasteiger partial charge in [0.25, 0.3) is 15.5 Å². The lowest BCUT2D eigenvalue weighted by atomic mass is 10.1. The summed E-state index contributed by atoms with van der Waals surface area (Å²) in [5.41, 5.74) is -5.55. The molecule has 0 saturated carbocycles. The number of methoxy groups -OCH3 is 1. The lowest BCUT2D eigenvalue weighted by Gasteiger charge is -2.25. The van der Waals surface area contributed by atoms with Crippen LogP contribution in [0.4, 0.5) is 24.5 Å². The number of nitro groups is 1. The fourth-order valence-corrected chi connectivity index (χ4v) is 3.53. The van der Waals surface area contributed by atoms with Crippen LogP contribution in [0.15, 0.2) is 47.4 Å². The Balaban J connectivity index is 2.33. The van der Waals surface area contributed by atoms with E-state index in [1.54, 1.807) is 26.2 Å². The lowest BCUT2D eigenvalue weighted by Crippen LogP contribution is -2.27. The van der Waals surface area contributed by atoms with Crippen LogP contribution in [-0.4, -0.2) is 51.5 Å². The summed E-state index contributed by atoms with van der Waals surface area (Å²) in [6.07, 6.45) is 0. The van der Waals surface area contributed by atoms with Crippen molar-refractivity contribution in [2.75, 3.05) is 33.1 Å². The van der Waals surface area contributed by atoms with E-state index in [2.05, 4.69) is 5.32 Å². The highest BCUT2D eigenvalue weighted by atomic mass is 32.2. The molecule has 1 N–H and O–H groups in total. The zero-order valence-electron chi connectivity index (χ0n) is 16.3. The summed E-state index contributed by atoms with van der Waals surface area (Å²) in [7, 11) is -0.575. The van der Waals surface area contributed by atoms with Crippen LogP contribution in [0.3, 0.4) is 0 Å². The number of rotatable bonds is 8. The van der Waals surface area contributed by atoms with E-state index < -0.39 is 30.9 Å². The molecule has 0 heterocycles.